The van der Waals surface area contributed by atoms with E-state index >= 15 is 0 Å². The zero-order chi connectivity index (χ0) is 14.5. The van der Waals surface area contributed by atoms with E-state index < -0.39 is 0 Å². The summed E-state index contributed by atoms with van der Waals surface area (Å²) in [7, 11) is 0. The van der Waals surface area contributed by atoms with Crippen molar-refractivity contribution in [2.24, 2.45) is 5.84 Å². The molecule has 0 fully saturated rings. The molecule has 0 bridgehead atoms. The lowest BCUT2D eigenvalue weighted by molar-refractivity contribution is 0.312. The largest absolute Gasteiger partial charge is 0.493 e. The first kappa shape index (κ1) is 15.0. The number of hydrogen-bond acceptors (Lipinski definition) is 4. The van der Waals surface area contributed by atoms with Crippen LogP contribution < -0.4 is 16.0 Å². The van der Waals surface area contributed by atoms with Gasteiger partial charge >= 0.3 is 0 Å². The number of nitrogens with one attached hydrogen (secondary N) is 1. The van der Waals surface area contributed by atoms with Gasteiger partial charge in [0.05, 0.1) is 12.6 Å². The van der Waals surface area contributed by atoms with Gasteiger partial charge in [-0.05, 0) is 38.0 Å². The average Bonchev–Trinajstić information content (AvgIpc) is 2.78. The number of nitrogens with two attached hydrogens (primary N) is 1. The Hall–Kier alpha value is -1.36. The summed E-state index contributed by atoms with van der Waals surface area (Å²) in [6, 6.07) is 10.3. The molecule has 1 unspecified atom stereocenters. The summed E-state index contributed by atoms with van der Waals surface area (Å²) in [6.07, 6.45) is 0.992. The quantitative estimate of drug-likeness (QED) is 0.630. The van der Waals surface area contributed by atoms with Crippen LogP contribution in [0.25, 0.3) is 0 Å². The standard InChI is InChI=1S/C16H22N2OS/c1-4-9-19-14-8-6-5-7-13(14)16(18-17)15-10-11(2)12(3)20-15/h5-8,10,16,18H,4,9,17H2,1-3H3. The van der Waals surface area contributed by atoms with Crippen molar-refractivity contribution in [2.75, 3.05) is 6.61 Å². The van der Waals surface area contributed by atoms with Gasteiger partial charge in [-0.2, -0.15) is 0 Å². The number of hydrazine groups is 1. The predicted molar refractivity (Wildman–Crippen MR) is 85.2 cm³/mol. The molecule has 0 aliphatic carbocycles. The molecular weight excluding hydrogens is 268 g/mol. The van der Waals surface area contributed by atoms with Crippen molar-refractivity contribution >= 4 is 11.3 Å². The highest BCUT2D eigenvalue weighted by Crippen LogP contribution is 2.34. The number of rotatable bonds is 6. The predicted octanol–water partition coefficient (Wildman–Crippen LogP) is 3.71. The topological polar surface area (TPSA) is 47.3 Å². The number of hydrogen-bond donors (Lipinski definition) is 2. The minimum atomic E-state index is -0.0274. The molecule has 0 amide bonds. The van der Waals surface area contributed by atoms with Crippen LogP contribution in [0.3, 0.4) is 0 Å². The Balaban J connectivity index is 2.36. The normalized spacial score (nSPS) is 12.4. The SMILES string of the molecule is CCCOc1ccccc1C(NN)c1cc(C)c(C)s1. The molecule has 2 rings (SSSR count). The van der Waals surface area contributed by atoms with Gasteiger partial charge < -0.3 is 4.74 Å². The number of benzene rings is 1. The molecule has 0 aliphatic heterocycles. The van der Waals surface area contributed by atoms with Crippen LogP contribution in [0.2, 0.25) is 0 Å². The molecule has 0 spiro atoms. The number of para-hydroxylation sites is 1. The Bertz CT molecular complexity index is 546. The van der Waals surface area contributed by atoms with E-state index in [4.69, 9.17) is 10.6 Å². The van der Waals surface area contributed by atoms with Gasteiger partial charge in [0.25, 0.3) is 0 Å². The van der Waals surface area contributed by atoms with Crippen molar-refractivity contribution < 1.29 is 4.74 Å². The van der Waals surface area contributed by atoms with E-state index in [-0.39, 0.29) is 6.04 Å². The lowest BCUT2D eigenvalue weighted by atomic mass is 10.0. The summed E-state index contributed by atoms with van der Waals surface area (Å²) in [5.74, 6) is 6.70. The van der Waals surface area contributed by atoms with Crippen LogP contribution in [-0.4, -0.2) is 6.61 Å². The van der Waals surface area contributed by atoms with Gasteiger partial charge in [0.2, 0.25) is 0 Å². The Kier molecular flexibility index (Phi) is 5.17. The minimum absolute atomic E-state index is 0.0274. The maximum atomic E-state index is 5.84. The van der Waals surface area contributed by atoms with E-state index in [1.165, 1.54) is 15.3 Å². The molecule has 3 nitrogen and oxygen atoms in total. The van der Waals surface area contributed by atoms with Gasteiger partial charge in [0, 0.05) is 15.3 Å². The second kappa shape index (κ2) is 6.88. The summed E-state index contributed by atoms with van der Waals surface area (Å²) < 4.78 is 5.84. The third-order valence-electron chi connectivity index (χ3n) is 3.33. The van der Waals surface area contributed by atoms with E-state index in [0.29, 0.717) is 0 Å². The van der Waals surface area contributed by atoms with Crippen molar-refractivity contribution in [3.63, 3.8) is 0 Å². The van der Waals surface area contributed by atoms with Crippen molar-refractivity contribution in [2.45, 2.75) is 33.2 Å². The van der Waals surface area contributed by atoms with Gasteiger partial charge in [-0.1, -0.05) is 25.1 Å². The molecule has 108 valence electrons. The summed E-state index contributed by atoms with van der Waals surface area (Å²) in [6.45, 7) is 7.09. The molecule has 4 heteroatoms. The molecule has 1 aromatic heterocycles. The minimum Gasteiger partial charge on any atom is -0.493 e. The molecule has 0 saturated heterocycles. The van der Waals surface area contributed by atoms with E-state index in [2.05, 4.69) is 38.3 Å². The Morgan fingerprint density at radius 1 is 1.30 bits per heavy atom. The van der Waals surface area contributed by atoms with Gasteiger partial charge in [0.1, 0.15) is 5.75 Å². The van der Waals surface area contributed by atoms with Crippen LogP contribution in [0.15, 0.2) is 30.3 Å². The van der Waals surface area contributed by atoms with Crippen LogP contribution in [0.5, 0.6) is 5.75 Å². The van der Waals surface area contributed by atoms with E-state index in [1.807, 2.05) is 18.2 Å². The lowest BCUT2D eigenvalue weighted by Gasteiger charge is -2.18. The van der Waals surface area contributed by atoms with Crippen LogP contribution in [0.1, 0.15) is 40.3 Å². The molecule has 0 radical (unpaired) electrons. The molecule has 0 saturated carbocycles. The lowest BCUT2D eigenvalue weighted by Crippen LogP contribution is -2.28. The summed E-state index contributed by atoms with van der Waals surface area (Å²) in [4.78, 5) is 2.54. The first-order valence-corrected chi connectivity index (χ1v) is 7.73. The summed E-state index contributed by atoms with van der Waals surface area (Å²) in [5, 5.41) is 0. The first-order valence-electron chi connectivity index (χ1n) is 6.92. The van der Waals surface area contributed by atoms with Crippen molar-refractivity contribution in [1.29, 1.82) is 0 Å². The molecule has 20 heavy (non-hydrogen) atoms. The fourth-order valence-electron chi connectivity index (χ4n) is 2.13. The molecule has 0 aliphatic rings. The molecule has 2 aromatic rings. The Morgan fingerprint density at radius 3 is 2.65 bits per heavy atom. The molecule has 1 heterocycles. The average molecular weight is 290 g/mol. The van der Waals surface area contributed by atoms with Crippen LogP contribution in [0.4, 0.5) is 0 Å². The fourth-order valence-corrected chi connectivity index (χ4v) is 3.25. The third-order valence-corrected chi connectivity index (χ3v) is 4.55. The van der Waals surface area contributed by atoms with Gasteiger partial charge in [0.15, 0.2) is 0 Å². The molecule has 3 N–H and O–H groups in total. The highest BCUT2D eigenvalue weighted by molar-refractivity contribution is 7.12. The Morgan fingerprint density at radius 2 is 2.05 bits per heavy atom. The van der Waals surface area contributed by atoms with Crippen LogP contribution in [0, 0.1) is 13.8 Å². The van der Waals surface area contributed by atoms with E-state index in [9.17, 15) is 0 Å². The number of aryl methyl sites for hydroxylation is 2. The second-order valence-electron chi connectivity index (χ2n) is 4.87. The van der Waals surface area contributed by atoms with Crippen molar-refractivity contribution in [1.82, 2.24) is 5.43 Å². The highest BCUT2D eigenvalue weighted by atomic mass is 32.1. The fraction of sp³-hybridized carbons (Fsp3) is 0.375. The first-order chi connectivity index (χ1) is 9.67. The molecular formula is C16H22N2OS. The maximum absolute atomic E-state index is 5.84. The van der Waals surface area contributed by atoms with Gasteiger partial charge in [-0.15, -0.1) is 11.3 Å². The smallest absolute Gasteiger partial charge is 0.124 e. The monoisotopic (exact) mass is 290 g/mol. The zero-order valence-electron chi connectivity index (χ0n) is 12.3. The summed E-state index contributed by atoms with van der Waals surface area (Å²) in [5.41, 5.74) is 5.31. The van der Waals surface area contributed by atoms with Crippen molar-refractivity contribution in [3.8, 4) is 5.75 Å². The summed E-state index contributed by atoms with van der Waals surface area (Å²) >= 11 is 1.78. The van der Waals surface area contributed by atoms with Gasteiger partial charge in [-0.3, -0.25) is 5.84 Å². The maximum Gasteiger partial charge on any atom is 0.124 e. The Labute approximate surface area is 124 Å². The van der Waals surface area contributed by atoms with Crippen LogP contribution >= 0.6 is 11.3 Å². The zero-order valence-corrected chi connectivity index (χ0v) is 13.1. The number of thiophene rings is 1. The molecule has 1 aromatic carbocycles. The van der Waals surface area contributed by atoms with E-state index in [0.717, 1.165) is 24.3 Å². The van der Waals surface area contributed by atoms with Crippen LogP contribution in [-0.2, 0) is 0 Å². The molecule has 1 atom stereocenters. The third kappa shape index (κ3) is 3.20. The van der Waals surface area contributed by atoms with Gasteiger partial charge in [-0.25, -0.2) is 5.43 Å². The highest BCUT2D eigenvalue weighted by Gasteiger charge is 2.19. The van der Waals surface area contributed by atoms with Crippen molar-refractivity contribution in [3.05, 3.63) is 51.2 Å². The second-order valence-corrected chi connectivity index (χ2v) is 6.16. The number of ether oxygens (including phenoxy) is 1. The van der Waals surface area contributed by atoms with E-state index in [1.54, 1.807) is 11.3 Å².